The lowest BCUT2D eigenvalue weighted by Crippen LogP contribution is -2.00. The molecule has 0 saturated heterocycles. The fourth-order valence-corrected chi connectivity index (χ4v) is 5.43. The van der Waals surface area contributed by atoms with Gasteiger partial charge in [-0.25, -0.2) is 19.9 Å². The molecule has 0 bridgehead atoms. The van der Waals surface area contributed by atoms with Crippen LogP contribution < -0.4 is 0 Å². The molecule has 0 saturated carbocycles. The Balaban J connectivity index is 1.28. The molecule has 6 nitrogen and oxygen atoms in total. The van der Waals surface area contributed by atoms with E-state index < -0.39 is 0 Å². The molecule has 0 unspecified atom stereocenters. The Morgan fingerprint density at radius 2 is 0.978 bits per heavy atom. The van der Waals surface area contributed by atoms with Crippen LogP contribution in [0.25, 0.3) is 79.0 Å². The Kier molecular flexibility index (Phi) is 6.70. The highest BCUT2D eigenvalue weighted by atomic mass is 16.3. The number of fused-ring (bicyclic) bond motifs is 1. The van der Waals surface area contributed by atoms with Crippen LogP contribution in [0.2, 0.25) is 0 Å². The molecule has 0 spiro atoms. The van der Waals surface area contributed by atoms with Gasteiger partial charge < -0.3 is 4.42 Å². The van der Waals surface area contributed by atoms with E-state index in [9.17, 15) is 0 Å². The van der Waals surface area contributed by atoms with Crippen molar-refractivity contribution in [3.8, 4) is 67.9 Å². The average molecular weight is 580 g/mol. The summed E-state index contributed by atoms with van der Waals surface area (Å²) in [6, 6.07) is 46.4. The van der Waals surface area contributed by atoms with Crippen LogP contribution >= 0.6 is 0 Å². The summed E-state index contributed by atoms with van der Waals surface area (Å²) < 4.78 is 6.21. The van der Waals surface area contributed by atoms with Crippen LogP contribution in [0.3, 0.4) is 0 Å². The lowest BCUT2D eigenvalue weighted by molar-refractivity contribution is 0.620. The van der Waals surface area contributed by atoms with Crippen molar-refractivity contribution in [3.63, 3.8) is 0 Å². The summed E-state index contributed by atoms with van der Waals surface area (Å²) in [5.41, 5.74) is 9.24. The van der Waals surface area contributed by atoms with Gasteiger partial charge in [0.25, 0.3) is 0 Å². The number of aromatic nitrogens is 5. The number of hydrogen-bond donors (Lipinski definition) is 0. The summed E-state index contributed by atoms with van der Waals surface area (Å²) in [5, 5.41) is 0. The van der Waals surface area contributed by atoms with Gasteiger partial charge >= 0.3 is 0 Å². The summed E-state index contributed by atoms with van der Waals surface area (Å²) >= 11 is 0. The number of pyridine rings is 1. The van der Waals surface area contributed by atoms with Crippen molar-refractivity contribution in [2.75, 3.05) is 0 Å². The first-order valence-corrected chi connectivity index (χ1v) is 14.7. The topological polar surface area (TPSA) is 77.6 Å². The first kappa shape index (κ1) is 26.4. The fraction of sp³-hybridized carbons (Fsp3) is 0. The molecule has 0 atom stereocenters. The number of oxazole rings is 1. The monoisotopic (exact) mass is 579 g/mol. The maximum absolute atomic E-state index is 6.21. The van der Waals surface area contributed by atoms with E-state index in [0.29, 0.717) is 23.4 Å². The fourth-order valence-electron chi connectivity index (χ4n) is 5.43. The SMILES string of the molecule is c1ccc(-c2nc(-c3ccccc3)nc(-c3ccc(-c4ccc5nc(-c6ccccc6)oc5c4)c(-c4cccnc4)c3)n2)cc1. The van der Waals surface area contributed by atoms with Crippen LogP contribution in [0, 0.1) is 0 Å². The quantitative estimate of drug-likeness (QED) is 0.195. The predicted molar refractivity (Wildman–Crippen MR) is 178 cm³/mol. The first-order valence-electron chi connectivity index (χ1n) is 14.7. The lowest BCUT2D eigenvalue weighted by Gasteiger charge is -2.13. The van der Waals surface area contributed by atoms with Crippen molar-refractivity contribution in [2.45, 2.75) is 0 Å². The maximum atomic E-state index is 6.21. The Morgan fingerprint density at radius 3 is 1.60 bits per heavy atom. The van der Waals surface area contributed by atoms with Gasteiger partial charge in [0.1, 0.15) is 5.52 Å². The van der Waals surface area contributed by atoms with E-state index in [4.69, 9.17) is 24.4 Å². The van der Waals surface area contributed by atoms with Gasteiger partial charge in [-0.3, -0.25) is 4.98 Å². The predicted octanol–water partition coefficient (Wildman–Crippen LogP) is 9.41. The Hall–Kier alpha value is -6.27. The summed E-state index contributed by atoms with van der Waals surface area (Å²) in [5.74, 6) is 2.44. The zero-order valence-corrected chi connectivity index (χ0v) is 24.1. The first-order chi connectivity index (χ1) is 22.3. The number of hydrogen-bond acceptors (Lipinski definition) is 6. The maximum Gasteiger partial charge on any atom is 0.227 e. The van der Waals surface area contributed by atoms with Gasteiger partial charge in [-0.2, -0.15) is 0 Å². The number of nitrogens with zero attached hydrogens (tertiary/aromatic N) is 5. The van der Waals surface area contributed by atoms with E-state index in [1.54, 1.807) is 6.20 Å². The van der Waals surface area contributed by atoms with Crippen molar-refractivity contribution in [1.29, 1.82) is 0 Å². The van der Waals surface area contributed by atoms with Crippen LogP contribution in [0.1, 0.15) is 0 Å². The summed E-state index contributed by atoms with van der Waals surface area (Å²) in [6.07, 6.45) is 3.66. The Labute approximate surface area is 259 Å². The average Bonchev–Trinajstić information content (AvgIpc) is 3.56. The molecule has 0 aliphatic rings. The smallest absolute Gasteiger partial charge is 0.227 e. The van der Waals surface area contributed by atoms with E-state index >= 15 is 0 Å². The van der Waals surface area contributed by atoms with E-state index in [2.05, 4.69) is 35.3 Å². The van der Waals surface area contributed by atoms with E-state index in [1.807, 2.05) is 115 Å². The second kappa shape index (κ2) is 11.4. The molecular weight excluding hydrogens is 554 g/mol. The molecule has 0 aliphatic heterocycles. The summed E-state index contributed by atoms with van der Waals surface area (Å²) in [4.78, 5) is 23.9. The lowest BCUT2D eigenvalue weighted by atomic mass is 9.93. The molecule has 6 heteroatoms. The van der Waals surface area contributed by atoms with Crippen molar-refractivity contribution >= 4 is 11.1 Å². The standard InChI is InChI=1S/C39H25N5O/c1-4-11-26(12-5-1)36-42-37(27-13-6-2-7-14-27)44-38(43-36)30-18-20-32(33(23-30)31-17-10-22-40-25-31)29-19-21-34-35(24-29)45-39(41-34)28-15-8-3-9-16-28/h1-25H. The zero-order chi connectivity index (χ0) is 30.0. The molecule has 0 N–H and O–H groups in total. The van der Waals surface area contributed by atoms with Crippen molar-refractivity contribution in [2.24, 2.45) is 0 Å². The third-order valence-electron chi connectivity index (χ3n) is 7.67. The van der Waals surface area contributed by atoms with Crippen molar-refractivity contribution < 1.29 is 4.42 Å². The van der Waals surface area contributed by atoms with Crippen molar-refractivity contribution in [3.05, 3.63) is 152 Å². The van der Waals surface area contributed by atoms with Crippen molar-refractivity contribution in [1.82, 2.24) is 24.9 Å². The van der Waals surface area contributed by atoms with Crippen LogP contribution in [0.4, 0.5) is 0 Å². The zero-order valence-electron chi connectivity index (χ0n) is 24.1. The van der Waals surface area contributed by atoms with E-state index in [-0.39, 0.29) is 0 Å². The normalized spacial score (nSPS) is 11.1. The molecule has 0 amide bonds. The second-order valence-electron chi connectivity index (χ2n) is 10.6. The van der Waals surface area contributed by atoms with E-state index in [1.165, 1.54) is 0 Å². The van der Waals surface area contributed by atoms with Gasteiger partial charge in [-0.05, 0) is 53.1 Å². The number of rotatable bonds is 6. The molecule has 0 fully saturated rings. The molecule has 5 aromatic carbocycles. The minimum Gasteiger partial charge on any atom is -0.436 e. The van der Waals surface area contributed by atoms with Gasteiger partial charge in [-0.1, -0.05) is 103 Å². The highest BCUT2D eigenvalue weighted by molar-refractivity contribution is 5.90. The molecule has 212 valence electrons. The summed E-state index contributed by atoms with van der Waals surface area (Å²) in [6.45, 7) is 0. The van der Waals surface area contributed by atoms with E-state index in [0.717, 1.165) is 55.6 Å². The van der Waals surface area contributed by atoms with Gasteiger partial charge in [0.2, 0.25) is 5.89 Å². The minimum atomic E-state index is 0.595. The molecular formula is C39H25N5O. The highest BCUT2D eigenvalue weighted by Gasteiger charge is 2.17. The molecule has 0 radical (unpaired) electrons. The molecule has 8 rings (SSSR count). The molecule has 3 aromatic heterocycles. The van der Waals surface area contributed by atoms with Crippen LogP contribution in [0.5, 0.6) is 0 Å². The minimum absolute atomic E-state index is 0.595. The number of benzene rings is 5. The highest BCUT2D eigenvalue weighted by Crippen LogP contribution is 2.37. The van der Waals surface area contributed by atoms with Gasteiger partial charge in [0, 0.05) is 40.2 Å². The summed E-state index contributed by atoms with van der Waals surface area (Å²) in [7, 11) is 0. The van der Waals surface area contributed by atoms with Gasteiger partial charge in [0.05, 0.1) is 0 Å². The Morgan fingerprint density at radius 1 is 0.400 bits per heavy atom. The molecule has 3 heterocycles. The third kappa shape index (κ3) is 5.26. The van der Waals surface area contributed by atoms with Crippen LogP contribution in [-0.4, -0.2) is 24.9 Å². The van der Waals surface area contributed by atoms with Gasteiger partial charge in [-0.15, -0.1) is 0 Å². The molecule has 0 aliphatic carbocycles. The second-order valence-corrected chi connectivity index (χ2v) is 10.6. The molecule has 45 heavy (non-hydrogen) atoms. The van der Waals surface area contributed by atoms with Crippen LogP contribution in [0.15, 0.2) is 156 Å². The van der Waals surface area contributed by atoms with Crippen LogP contribution in [-0.2, 0) is 0 Å². The Bertz CT molecular complexity index is 2190. The van der Waals surface area contributed by atoms with Gasteiger partial charge in [0.15, 0.2) is 23.1 Å². The molecule has 8 aromatic rings. The largest absolute Gasteiger partial charge is 0.436 e. The third-order valence-corrected chi connectivity index (χ3v) is 7.67.